The number of amides is 1. The van der Waals surface area contributed by atoms with Crippen molar-refractivity contribution >= 4 is 23.2 Å². The van der Waals surface area contributed by atoms with Gasteiger partial charge in [-0.05, 0) is 51.4 Å². The number of rotatable bonds is 9. The Bertz CT molecular complexity index is 411. The first-order chi connectivity index (χ1) is 9.58. The molecule has 0 aliphatic rings. The monoisotopic (exact) mass is 298 g/mol. The summed E-state index contributed by atoms with van der Waals surface area (Å²) in [6.45, 7) is 5.94. The molecule has 0 unspecified atom stereocenters. The second-order valence-corrected chi connectivity index (χ2v) is 5.30. The third-order valence-electron chi connectivity index (χ3n) is 2.59. The summed E-state index contributed by atoms with van der Waals surface area (Å²) in [6.07, 6.45) is 2.28. The summed E-state index contributed by atoms with van der Waals surface area (Å²) in [4.78, 5) is 11.7. The lowest BCUT2D eigenvalue weighted by Gasteiger charge is -2.08. The Labute approximate surface area is 125 Å². The minimum absolute atomic E-state index is 0.0642. The molecular weight excluding hydrogens is 276 g/mol. The molecule has 0 heterocycles. The molecule has 0 spiro atoms. The highest BCUT2D eigenvalue weighted by Gasteiger charge is 2.02. The number of hydrogen-bond donors (Lipinski definition) is 2. The highest BCUT2D eigenvalue weighted by molar-refractivity contribution is 6.30. The van der Waals surface area contributed by atoms with Gasteiger partial charge < -0.3 is 15.4 Å². The topological polar surface area (TPSA) is 50.4 Å². The molecule has 0 saturated heterocycles. The van der Waals surface area contributed by atoms with Crippen molar-refractivity contribution in [2.45, 2.75) is 32.8 Å². The zero-order valence-electron chi connectivity index (χ0n) is 12.1. The van der Waals surface area contributed by atoms with Crippen molar-refractivity contribution in [3.8, 4) is 0 Å². The standard InChI is InChI=1S/C15H23ClN2O2/c1-12(2)20-9-4-3-8-17-11-15(19)18-14-7-5-6-13(16)10-14/h5-7,10,12,17H,3-4,8-9,11H2,1-2H3,(H,18,19). The molecular formula is C15H23ClN2O2. The van der Waals surface area contributed by atoms with E-state index >= 15 is 0 Å². The summed E-state index contributed by atoms with van der Waals surface area (Å²) in [5.74, 6) is -0.0642. The molecule has 0 fully saturated rings. The van der Waals surface area contributed by atoms with E-state index in [1.807, 2.05) is 19.9 Å². The van der Waals surface area contributed by atoms with Crippen LogP contribution in [-0.4, -0.2) is 31.7 Å². The second-order valence-electron chi connectivity index (χ2n) is 4.86. The molecule has 0 aromatic heterocycles. The van der Waals surface area contributed by atoms with Gasteiger partial charge >= 0.3 is 0 Å². The van der Waals surface area contributed by atoms with Gasteiger partial charge in [0, 0.05) is 17.3 Å². The van der Waals surface area contributed by atoms with E-state index in [-0.39, 0.29) is 12.0 Å². The summed E-state index contributed by atoms with van der Waals surface area (Å²) in [6, 6.07) is 7.12. The van der Waals surface area contributed by atoms with Crippen LogP contribution in [0.5, 0.6) is 0 Å². The van der Waals surface area contributed by atoms with Crippen LogP contribution in [-0.2, 0) is 9.53 Å². The van der Waals surface area contributed by atoms with Gasteiger partial charge in [0.2, 0.25) is 5.91 Å². The number of nitrogens with one attached hydrogen (secondary N) is 2. The molecule has 20 heavy (non-hydrogen) atoms. The van der Waals surface area contributed by atoms with Gasteiger partial charge in [-0.25, -0.2) is 0 Å². The summed E-state index contributed by atoms with van der Waals surface area (Å²) in [5, 5.41) is 6.51. The lowest BCUT2D eigenvalue weighted by atomic mass is 10.3. The average molecular weight is 299 g/mol. The predicted molar refractivity (Wildman–Crippen MR) is 83.3 cm³/mol. The largest absolute Gasteiger partial charge is 0.379 e. The van der Waals surface area contributed by atoms with Crippen molar-refractivity contribution in [3.05, 3.63) is 29.3 Å². The Morgan fingerprint density at radius 3 is 2.85 bits per heavy atom. The number of hydrogen-bond acceptors (Lipinski definition) is 3. The first kappa shape index (κ1) is 17.0. The van der Waals surface area contributed by atoms with E-state index < -0.39 is 0 Å². The van der Waals surface area contributed by atoms with Gasteiger partial charge in [0.1, 0.15) is 0 Å². The van der Waals surface area contributed by atoms with Crippen molar-refractivity contribution in [3.63, 3.8) is 0 Å². The van der Waals surface area contributed by atoms with E-state index in [2.05, 4.69) is 10.6 Å². The van der Waals surface area contributed by atoms with Crippen molar-refractivity contribution in [1.82, 2.24) is 5.32 Å². The Hall–Kier alpha value is -1.10. The van der Waals surface area contributed by atoms with Gasteiger partial charge in [-0.15, -0.1) is 0 Å². The fraction of sp³-hybridized carbons (Fsp3) is 0.533. The van der Waals surface area contributed by atoms with E-state index in [4.69, 9.17) is 16.3 Å². The van der Waals surface area contributed by atoms with Crippen LogP contribution in [0.3, 0.4) is 0 Å². The molecule has 0 radical (unpaired) electrons. The minimum Gasteiger partial charge on any atom is -0.379 e. The number of halogens is 1. The lowest BCUT2D eigenvalue weighted by molar-refractivity contribution is -0.115. The van der Waals surface area contributed by atoms with Gasteiger partial charge in [0.25, 0.3) is 0 Å². The minimum atomic E-state index is -0.0642. The molecule has 2 N–H and O–H groups in total. The van der Waals surface area contributed by atoms with Crippen LogP contribution in [0, 0.1) is 0 Å². The number of ether oxygens (including phenoxy) is 1. The van der Waals surface area contributed by atoms with Gasteiger partial charge in [0.15, 0.2) is 0 Å². The molecule has 1 amide bonds. The quantitative estimate of drug-likeness (QED) is 0.689. The van der Waals surface area contributed by atoms with Crippen LogP contribution in [0.15, 0.2) is 24.3 Å². The zero-order chi connectivity index (χ0) is 14.8. The lowest BCUT2D eigenvalue weighted by Crippen LogP contribution is -2.28. The van der Waals surface area contributed by atoms with Crippen LogP contribution in [0.2, 0.25) is 5.02 Å². The molecule has 0 aliphatic carbocycles. The van der Waals surface area contributed by atoms with Crippen molar-refractivity contribution in [2.75, 3.05) is 25.0 Å². The van der Waals surface area contributed by atoms with E-state index in [9.17, 15) is 4.79 Å². The van der Waals surface area contributed by atoms with Crippen LogP contribution >= 0.6 is 11.6 Å². The Balaban J connectivity index is 2.06. The summed E-state index contributed by atoms with van der Waals surface area (Å²) < 4.78 is 5.44. The first-order valence-corrected chi connectivity index (χ1v) is 7.33. The van der Waals surface area contributed by atoms with E-state index in [0.717, 1.165) is 31.7 Å². The molecule has 1 aromatic rings. The van der Waals surface area contributed by atoms with E-state index in [1.54, 1.807) is 18.2 Å². The summed E-state index contributed by atoms with van der Waals surface area (Å²) in [7, 11) is 0. The van der Waals surface area contributed by atoms with Crippen LogP contribution < -0.4 is 10.6 Å². The predicted octanol–water partition coefficient (Wildman–Crippen LogP) is 3.07. The Morgan fingerprint density at radius 2 is 2.15 bits per heavy atom. The Kier molecular flexibility index (Phi) is 8.26. The summed E-state index contributed by atoms with van der Waals surface area (Å²) >= 11 is 5.85. The molecule has 4 nitrogen and oxygen atoms in total. The number of anilines is 1. The van der Waals surface area contributed by atoms with Gasteiger partial charge in [-0.3, -0.25) is 4.79 Å². The fourth-order valence-corrected chi connectivity index (χ4v) is 1.83. The first-order valence-electron chi connectivity index (χ1n) is 6.95. The highest BCUT2D eigenvalue weighted by atomic mass is 35.5. The molecule has 112 valence electrons. The van der Waals surface area contributed by atoms with E-state index in [0.29, 0.717) is 11.6 Å². The van der Waals surface area contributed by atoms with Crippen LogP contribution in [0.4, 0.5) is 5.69 Å². The fourth-order valence-electron chi connectivity index (χ4n) is 1.64. The van der Waals surface area contributed by atoms with Crippen molar-refractivity contribution in [2.24, 2.45) is 0 Å². The van der Waals surface area contributed by atoms with Gasteiger partial charge in [-0.2, -0.15) is 0 Å². The average Bonchev–Trinajstić information content (AvgIpc) is 2.37. The molecule has 0 atom stereocenters. The Morgan fingerprint density at radius 1 is 1.35 bits per heavy atom. The molecule has 1 rings (SSSR count). The van der Waals surface area contributed by atoms with E-state index in [1.165, 1.54) is 0 Å². The molecule has 0 bridgehead atoms. The zero-order valence-corrected chi connectivity index (χ0v) is 12.9. The molecule has 1 aromatic carbocycles. The summed E-state index contributed by atoms with van der Waals surface area (Å²) in [5.41, 5.74) is 0.717. The maximum atomic E-state index is 11.7. The number of unbranched alkanes of at least 4 members (excludes halogenated alkanes) is 1. The van der Waals surface area contributed by atoms with Crippen LogP contribution in [0.25, 0.3) is 0 Å². The van der Waals surface area contributed by atoms with Crippen molar-refractivity contribution in [1.29, 1.82) is 0 Å². The third-order valence-corrected chi connectivity index (χ3v) is 2.83. The highest BCUT2D eigenvalue weighted by Crippen LogP contribution is 2.14. The second kappa shape index (κ2) is 9.75. The van der Waals surface area contributed by atoms with Crippen LogP contribution in [0.1, 0.15) is 26.7 Å². The number of carbonyl (C=O) groups excluding carboxylic acids is 1. The maximum absolute atomic E-state index is 11.7. The van der Waals surface area contributed by atoms with Crippen molar-refractivity contribution < 1.29 is 9.53 Å². The molecule has 5 heteroatoms. The van der Waals surface area contributed by atoms with Gasteiger partial charge in [0.05, 0.1) is 12.6 Å². The normalized spacial score (nSPS) is 10.8. The number of benzene rings is 1. The van der Waals surface area contributed by atoms with Gasteiger partial charge in [-0.1, -0.05) is 17.7 Å². The third kappa shape index (κ3) is 8.15. The number of carbonyl (C=O) groups is 1. The molecule has 0 saturated carbocycles. The SMILES string of the molecule is CC(C)OCCCCNCC(=O)Nc1cccc(Cl)c1. The maximum Gasteiger partial charge on any atom is 0.238 e. The smallest absolute Gasteiger partial charge is 0.238 e. The molecule has 0 aliphatic heterocycles.